The molecule has 1 amide bonds. The van der Waals surface area contributed by atoms with Gasteiger partial charge < -0.3 is 10.3 Å². The summed E-state index contributed by atoms with van der Waals surface area (Å²) >= 11 is 0. The molecule has 0 saturated heterocycles. The predicted molar refractivity (Wildman–Crippen MR) is 57.7 cm³/mol. The van der Waals surface area contributed by atoms with E-state index in [1.165, 1.54) is 12.3 Å². The van der Waals surface area contributed by atoms with Gasteiger partial charge in [0.2, 0.25) is 0 Å². The Morgan fingerprint density at radius 1 is 1.44 bits per heavy atom. The van der Waals surface area contributed by atoms with Crippen molar-refractivity contribution in [2.24, 2.45) is 0 Å². The van der Waals surface area contributed by atoms with Crippen LogP contribution in [0.25, 0.3) is 0 Å². The molecular formula is C11H8N4O. The standard InChI is InChI=1S/C11H8N4O/c12-5-8-1-2-10(14-6-8)11(16)15-9-3-4-13-7-9/h1-4,6-7,13H,(H,15,16). The second-order valence-corrected chi connectivity index (χ2v) is 3.10. The molecule has 0 atom stereocenters. The third kappa shape index (κ3) is 2.07. The van der Waals surface area contributed by atoms with Crippen molar-refractivity contribution in [3.63, 3.8) is 0 Å². The summed E-state index contributed by atoms with van der Waals surface area (Å²) in [6, 6.07) is 6.75. The van der Waals surface area contributed by atoms with E-state index in [-0.39, 0.29) is 11.6 Å². The number of hydrogen-bond acceptors (Lipinski definition) is 3. The molecule has 0 saturated carbocycles. The van der Waals surface area contributed by atoms with Crippen LogP contribution in [0.15, 0.2) is 36.8 Å². The molecule has 0 bridgehead atoms. The number of rotatable bonds is 2. The number of nitriles is 1. The highest BCUT2D eigenvalue weighted by Crippen LogP contribution is 2.06. The number of pyridine rings is 1. The third-order valence-electron chi connectivity index (χ3n) is 1.98. The maximum atomic E-state index is 11.6. The van der Waals surface area contributed by atoms with E-state index in [0.29, 0.717) is 11.3 Å². The van der Waals surface area contributed by atoms with Gasteiger partial charge in [0.25, 0.3) is 5.91 Å². The van der Waals surface area contributed by atoms with Crippen molar-refractivity contribution < 1.29 is 4.79 Å². The first kappa shape index (κ1) is 9.93. The van der Waals surface area contributed by atoms with Crippen LogP contribution in [0.4, 0.5) is 5.69 Å². The number of carbonyl (C=O) groups is 1. The van der Waals surface area contributed by atoms with E-state index in [1.54, 1.807) is 24.5 Å². The molecule has 0 aliphatic heterocycles. The van der Waals surface area contributed by atoms with E-state index in [0.717, 1.165) is 0 Å². The first-order valence-electron chi connectivity index (χ1n) is 4.60. The summed E-state index contributed by atoms with van der Waals surface area (Å²) in [5, 5.41) is 11.2. The lowest BCUT2D eigenvalue weighted by Gasteiger charge is -2.01. The van der Waals surface area contributed by atoms with Crippen molar-refractivity contribution in [1.82, 2.24) is 9.97 Å². The van der Waals surface area contributed by atoms with Gasteiger partial charge in [-0.2, -0.15) is 5.26 Å². The molecule has 78 valence electrons. The van der Waals surface area contributed by atoms with Crippen LogP contribution in [-0.2, 0) is 0 Å². The van der Waals surface area contributed by atoms with Gasteiger partial charge >= 0.3 is 0 Å². The molecule has 2 aromatic rings. The zero-order chi connectivity index (χ0) is 11.4. The molecule has 0 aliphatic carbocycles. The van der Waals surface area contributed by atoms with Crippen molar-refractivity contribution in [1.29, 1.82) is 5.26 Å². The molecule has 5 heteroatoms. The summed E-state index contributed by atoms with van der Waals surface area (Å²) in [5.74, 6) is -0.302. The number of nitrogens with zero attached hydrogens (tertiary/aromatic N) is 2. The summed E-state index contributed by atoms with van der Waals surface area (Å²) < 4.78 is 0. The highest BCUT2D eigenvalue weighted by atomic mass is 16.1. The van der Waals surface area contributed by atoms with Gasteiger partial charge in [-0.15, -0.1) is 0 Å². The molecule has 0 unspecified atom stereocenters. The second kappa shape index (κ2) is 4.28. The quantitative estimate of drug-likeness (QED) is 0.792. The minimum absolute atomic E-state index is 0.278. The Kier molecular flexibility index (Phi) is 2.65. The molecule has 5 nitrogen and oxygen atoms in total. The van der Waals surface area contributed by atoms with Gasteiger partial charge in [0.15, 0.2) is 0 Å². The Labute approximate surface area is 91.8 Å². The zero-order valence-corrected chi connectivity index (χ0v) is 8.27. The van der Waals surface area contributed by atoms with E-state index in [1.807, 2.05) is 6.07 Å². The van der Waals surface area contributed by atoms with Crippen LogP contribution in [-0.4, -0.2) is 15.9 Å². The molecule has 2 heterocycles. The minimum atomic E-state index is -0.302. The fourth-order valence-electron chi connectivity index (χ4n) is 1.19. The lowest BCUT2D eigenvalue weighted by atomic mass is 10.2. The van der Waals surface area contributed by atoms with Gasteiger partial charge in [0.05, 0.1) is 11.3 Å². The van der Waals surface area contributed by atoms with Gasteiger partial charge in [0, 0.05) is 18.6 Å². The number of carbonyl (C=O) groups excluding carboxylic acids is 1. The number of nitrogens with one attached hydrogen (secondary N) is 2. The number of anilines is 1. The molecule has 2 N–H and O–H groups in total. The molecule has 16 heavy (non-hydrogen) atoms. The SMILES string of the molecule is N#Cc1ccc(C(=O)Nc2cc[nH]c2)nc1. The van der Waals surface area contributed by atoms with Crippen molar-refractivity contribution >= 4 is 11.6 Å². The third-order valence-corrected chi connectivity index (χ3v) is 1.98. The summed E-state index contributed by atoms with van der Waals surface area (Å²) in [6.07, 6.45) is 4.75. The Morgan fingerprint density at radius 3 is 2.88 bits per heavy atom. The highest BCUT2D eigenvalue weighted by molar-refractivity contribution is 6.02. The molecule has 0 spiro atoms. The maximum Gasteiger partial charge on any atom is 0.274 e. The van der Waals surface area contributed by atoms with Crippen LogP contribution < -0.4 is 5.32 Å². The first-order valence-corrected chi connectivity index (χ1v) is 4.60. The van der Waals surface area contributed by atoms with Crippen LogP contribution >= 0.6 is 0 Å². The van der Waals surface area contributed by atoms with Crippen molar-refractivity contribution in [3.8, 4) is 6.07 Å². The number of aromatic nitrogens is 2. The first-order chi connectivity index (χ1) is 7.79. The Balaban J connectivity index is 2.12. The summed E-state index contributed by atoms with van der Waals surface area (Å²) in [4.78, 5) is 18.4. The van der Waals surface area contributed by atoms with Crippen LogP contribution in [0.5, 0.6) is 0 Å². The number of H-pyrrole nitrogens is 1. The molecule has 0 aliphatic rings. The van der Waals surface area contributed by atoms with Crippen LogP contribution in [0.3, 0.4) is 0 Å². The van der Waals surface area contributed by atoms with Gasteiger partial charge in [-0.1, -0.05) is 0 Å². The number of hydrogen-bond donors (Lipinski definition) is 2. The van der Waals surface area contributed by atoms with Crippen LogP contribution in [0.2, 0.25) is 0 Å². The van der Waals surface area contributed by atoms with Gasteiger partial charge in [-0.3, -0.25) is 4.79 Å². The number of aromatic amines is 1. The highest BCUT2D eigenvalue weighted by Gasteiger charge is 2.07. The average molecular weight is 212 g/mol. The fraction of sp³-hybridized carbons (Fsp3) is 0. The van der Waals surface area contributed by atoms with Gasteiger partial charge in [0.1, 0.15) is 11.8 Å². The normalized spacial score (nSPS) is 9.44. The fourth-order valence-corrected chi connectivity index (χ4v) is 1.19. The van der Waals surface area contributed by atoms with E-state index < -0.39 is 0 Å². The lowest BCUT2D eigenvalue weighted by Crippen LogP contribution is -2.12. The Hall–Kier alpha value is -2.61. The second-order valence-electron chi connectivity index (χ2n) is 3.10. The van der Waals surface area contributed by atoms with E-state index in [4.69, 9.17) is 5.26 Å². The molecule has 0 fully saturated rings. The molecule has 0 aromatic carbocycles. The van der Waals surface area contributed by atoms with E-state index >= 15 is 0 Å². The largest absolute Gasteiger partial charge is 0.366 e. The van der Waals surface area contributed by atoms with Crippen molar-refractivity contribution in [2.75, 3.05) is 5.32 Å². The maximum absolute atomic E-state index is 11.6. The zero-order valence-electron chi connectivity index (χ0n) is 8.27. The summed E-state index contributed by atoms with van der Waals surface area (Å²) in [6.45, 7) is 0. The van der Waals surface area contributed by atoms with Crippen LogP contribution in [0.1, 0.15) is 16.1 Å². The molecule has 2 aromatic heterocycles. The van der Waals surface area contributed by atoms with Crippen LogP contribution in [0, 0.1) is 11.3 Å². The van der Waals surface area contributed by atoms with Gasteiger partial charge in [-0.25, -0.2) is 4.98 Å². The van der Waals surface area contributed by atoms with E-state index in [2.05, 4.69) is 15.3 Å². The predicted octanol–water partition coefficient (Wildman–Crippen LogP) is 1.53. The van der Waals surface area contributed by atoms with Gasteiger partial charge in [-0.05, 0) is 18.2 Å². The summed E-state index contributed by atoms with van der Waals surface area (Å²) in [7, 11) is 0. The minimum Gasteiger partial charge on any atom is -0.366 e. The summed E-state index contributed by atoms with van der Waals surface area (Å²) in [5.41, 5.74) is 1.38. The lowest BCUT2D eigenvalue weighted by molar-refractivity contribution is 0.102. The molecular weight excluding hydrogens is 204 g/mol. The molecule has 0 radical (unpaired) electrons. The monoisotopic (exact) mass is 212 g/mol. The Bertz CT molecular complexity index is 522. The number of amides is 1. The average Bonchev–Trinajstić information content (AvgIpc) is 2.82. The van der Waals surface area contributed by atoms with Crippen molar-refractivity contribution in [2.45, 2.75) is 0 Å². The van der Waals surface area contributed by atoms with E-state index in [9.17, 15) is 4.79 Å². The Morgan fingerprint density at radius 2 is 2.31 bits per heavy atom. The van der Waals surface area contributed by atoms with Crippen molar-refractivity contribution in [3.05, 3.63) is 48.0 Å². The topological polar surface area (TPSA) is 81.6 Å². The smallest absolute Gasteiger partial charge is 0.274 e. The molecule has 2 rings (SSSR count).